The lowest BCUT2D eigenvalue weighted by Crippen LogP contribution is -2.27. The standard InChI is InChI=1S/C14H26O2/c1-5-13(15)16-10-11-6-8-12(9-7-11)14(2,3)4/h11-12H,5-10H2,1-4H3. The van der Waals surface area contributed by atoms with Gasteiger partial charge in [0.25, 0.3) is 0 Å². The average molecular weight is 226 g/mol. The Morgan fingerprint density at radius 2 is 1.75 bits per heavy atom. The van der Waals surface area contributed by atoms with E-state index in [4.69, 9.17) is 4.74 Å². The Balaban J connectivity index is 2.25. The maximum absolute atomic E-state index is 11.1. The molecule has 1 saturated carbocycles. The third kappa shape index (κ3) is 4.15. The zero-order valence-corrected chi connectivity index (χ0v) is 11.2. The van der Waals surface area contributed by atoms with Crippen molar-refractivity contribution in [2.75, 3.05) is 6.61 Å². The largest absolute Gasteiger partial charge is 0.465 e. The zero-order chi connectivity index (χ0) is 12.2. The second-order valence-corrected chi connectivity index (χ2v) is 6.12. The van der Waals surface area contributed by atoms with E-state index < -0.39 is 0 Å². The van der Waals surface area contributed by atoms with E-state index in [0.717, 1.165) is 5.92 Å². The van der Waals surface area contributed by atoms with Crippen molar-refractivity contribution in [3.63, 3.8) is 0 Å². The molecule has 0 N–H and O–H groups in total. The summed E-state index contributed by atoms with van der Waals surface area (Å²) in [5.41, 5.74) is 0.436. The van der Waals surface area contributed by atoms with E-state index in [1.165, 1.54) is 25.7 Å². The van der Waals surface area contributed by atoms with E-state index in [2.05, 4.69) is 20.8 Å². The predicted molar refractivity (Wildman–Crippen MR) is 66.2 cm³/mol. The Morgan fingerprint density at radius 3 is 2.19 bits per heavy atom. The normalized spacial score (nSPS) is 26.5. The van der Waals surface area contributed by atoms with Gasteiger partial charge in [0.15, 0.2) is 0 Å². The minimum atomic E-state index is -0.0575. The molecule has 0 heterocycles. The summed E-state index contributed by atoms with van der Waals surface area (Å²) in [4.78, 5) is 11.1. The first-order valence-electron chi connectivity index (χ1n) is 6.59. The van der Waals surface area contributed by atoms with Crippen molar-refractivity contribution >= 4 is 5.97 Å². The topological polar surface area (TPSA) is 26.3 Å². The summed E-state index contributed by atoms with van der Waals surface area (Å²) in [7, 11) is 0. The second kappa shape index (κ2) is 5.70. The van der Waals surface area contributed by atoms with Crippen LogP contribution in [0, 0.1) is 17.3 Å². The second-order valence-electron chi connectivity index (χ2n) is 6.12. The van der Waals surface area contributed by atoms with Gasteiger partial charge in [-0.05, 0) is 42.9 Å². The van der Waals surface area contributed by atoms with Gasteiger partial charge in [-0.2, -0.15) is 0 Å². The average Bonchev–Trinajstić information content (AvgIpc) is 2.25. The molecule has 0 aromatic carbocycles. The van der Waals surface area contributed by atoms with Crippen LogP contribution < -0.4 is 0 Å². The number of esters is 1. The SMILES string of the molecule is CCC(=O)OCC1CCC(C(C)(C)C)CC1. The van der Waals surface area contributed by atoms with Gasteiger partial charge >= 0.3 is 5.97 Å². The van der Waals surface area contributed by atoms with Crippen molar-refractivity contribution in [3.05, 3.63) is 0 Å². The number of hydrogen-bond donors (Lipinski definition) is 0. The van der Waals surface area contributed by atoms with Crippen LogP contribution in [-0.2, 0) is 9.53 Å². The number of carbonyl (C=O) groups excluding carboxylic acids is 1. The highest BCUT2D eigenvalue weighted by Crippen LogP contribution is 2.39. The lowest BCUT2D eigenvalue weighted by atomic mass is 9.70. The van der Waals surface area contributed by atoms with Crippen molar-refractivity contribution in [2.45, 2.75) is 59.8 Å². The van der Waals surface area contributed by atoms with E-state index in [-0.39, 0.29) is 5.97 Å². The number of carbonyl (C=O) groups is 1. The molecule has 0 atom stereocenters. The molecule has 0 spiro atoms. The van der Waals surface area contributed by atoms with Gasteiger partial charge in [0.1, 0.15) is 0 Å². The highest BCUT2D eigenvalue weighted by Gasteiger charge is 2.29. The fourth-order valence-electron chi connectivity index (χ4n) is 2.51. The Morgan fingerprint density at radius 1 is 1.19 bits per heavy atom. The minimum Gasteiger partial charge on any atom is -0.465 e. The maximum atomic E-state index is 11.1. The van der Waals surface area contributed by atoms with Crippen LogP contribution in [0.3, 0.4) is 0 Å². The third-order valence-corrected chi connectivity index (χ3v) is 3.84. The molecule has 94 valence electrons. The van der Waals surface area contributed by atoms with E-state index in [9.17, 15) is 4.79 Å². The summed E-state index contributed by atoms with van der Waals surface area (Å²) in [5, 5.41) is 0. The summed E-state index contributed by atoms with van der Waals surface area (Å²) in [6.07, 6.45) is 5.52. The zero-order valence-electron chi connectivity index (χ0n) is 11.2. The van der Waals surface area contributed by atoms with Crippen LogP contribution in [0.5, 0.6) is 0 Å². The van der Waals surface area contributed by atoms with Crippen LogP contribution in [0.2, 0.25) is 0 Å². The van der Waals surface area contributed by atoms with Gasteiger partial charge < -0.3 is 4.74 Å². The van der Waals surface area contributed by atoms with Gasteiger partial charge in [-0.15, -0.1) is 0 Å². The van der Waals surface area contributed by atoms with Gasteiger partial charge in [0.05, 0.1) is 6.61 Å². The first-order chi connectivity index (χ1) is 7.43. The van der Waals surface area contributed by atoms with Gasteiger partial charge in [-0.25, -0.2) is 0 Å². The maximum Gasteiger partial charge on any atom is 0.305 e. The monoisotopic (exact) mass is 226 g/mol. The highest BCUT2D eigenvalue weighted by molar-refractivity contribution is 5.68. The molecule has 1 fully saturated rings. The van der Waals surface area contributed by atoms with E-state index in [0.29, 0.717) is 24.4 Å². The molecule has 0 saturated heterocycles. The van der Waals surface area contributed by atoms with Crippen LogP contribution in [0.15, 0.2) is 0 Å². The van der Waals surface area contributed by atoms with Crippen molar-refractivity contribution in [1.82, 2.24) is 0 Å². The molecule has 0 radical (unpaired) electrons. The predicted octanol–water partition coefficient (Wildman–Crippen LogP) is 3.79. The van der Waals surface area contributed by atoms with Crippen molar-refractivity contribution in [2.24, 2.45) is 17.3 Å². The Bertz CT molecular complexity index is 219. The van der Waals surface area contributed by atoms with Crippen molar-refractivity contribution < 1.29 is 9.53 Å². The lowest BCUT2D eigenvalue weighted by Gasteiger charge is -2.36. The molecule has 2 nitrogen and oxygen atoms in total. The molecule has 1 rings (SSSR count). The van der Waals surface area contributed by atoms with E-state index >= 15 is 0 Å². The van der Waals surface area contributed by atoms with Crippen molar-refractivity contribution in [3.8, 4) is 0 Å². The van der Waals surface area contributed by atoms with Crippen LogP contribution in [0.25, 0.3) is 0 Å². The Kier molecular flexibility index (Phi) is 4.82. The van der Waals surface area contributed by atoms with Gasteiger partial charge in [0, 0.05) is 6.42 Å². The van der Waals surface area contributed by atoms with E-state index in [1.807, 2.05) is 6.92 Å². The summed E-state index contributed by atoms with van der Waals surface area (Å²) in [5.74, 6) is 1.39. The molecular formula is C14H26O2. The quantitative estimate of drug-likeness (QED) is 0.684. The van der Waals surface area contributed by atoms with Crippen LogP contribution in [0.4, 0.5) is 0 Å². The number of rotatable bonds is 3. The molecule has 0 aromatic heterocycles. The minimum absolute atomic E-state index is 0.0575. The fraction of sp³-hybridized carbons (Fsp3) is 0.929. The summed E-state index contributed by atoms with van der Waals surface area (Å²) in [6, 6.07) is 0. The van der Waals surface area contributed by atoms with Gasteiger partial charge in [0.2, 0.25) is 0 Å². The molecular weight excluding hydrogens is 200 g/mol. The van der Waals surface area contributed by atoms with Gasteiger partial charge in [-0.3, -0.25) is 4.79 Å². The molecule has 0 aromatic rings. The highest BCUT2D eigenvalue weighted by atomic mass is 16.5. The number of ether oxygens (including phenoxy) is 1. The molecule has 1 aliphatic rings. The fourth-order valence-corrected chi connectivity index (χ4v) is 2.51. The smallest absolute Gasteiger partial charge is 0.305 e. The number of hydrogen-bond acceptors (Lipinski definition) is 2. The summed E-state index contributed by atoms with van der Waals surface area (Å²) >= 11 is 0. The molecule has 0 unspecified atom stereocenters. The first-order valence-corrected chi connectivity index (χ1v) is 6.59. The van der Waals surface area contributed by atoms with Crippen LogP contribution >= 0.6 is 0 Å². The Labute approximate surface area is 99.8 Å². The van der Waals surface area contributed by atoms with Gasteiger partial charge in [-0.1, -0.05) is 27.7 Å². The molecule has 0 amide bonds. The first kappa shape index (κ1) is 13.5. The third-order valence-electron chi connectivity index (χ3n) is 3.84. The van der Waals surface area contributed by atoms with Crippen molar-refractivity contribution in [1.29, 1.82) is 0 Å². The molecule has 1 aliphatic carbocycles. The summed E-state index contributed by atoms with van der Waals surface area (Å²) in [6.45, 7) is 9.47. The van der Waals surface area contributed by atoms with Crippen LogP contribution in [-0.4, -0.2) is 12.6 Å². The lowest BCUT2D eigenvalue weighted by molar-refractivity contribution is -0.145. The summed E-state index contributed by atoms with van der Waals surface area (Å²) < 4.78 is 5.21. The molecule has 0 aliphatic heterocycles. The molecule has 2 heteroatoms. The Hall–Kier alpha value is -0.530. The van der Waals surface area contributed by atoms with Crippen LogP contribution in [0.1, 0.15) is 59.8 Å². The van der Waals surface area contributed by atoms with E-state index in [1.54, 1.807) is 0 Å². The molecule has 16 heavy (non-hydrogen) atoms. The molecule has 0 bridgehead atoms.